The van der Waals surface area contributed by atoms with Gasteiger partial charge in [-0.1, -0.05) is 30.9 Å². The van der Waals surface area contributed by atoms with Gasteiger partial charge in [0.05, 0.1) is 15.4 Å². The molecule has 1 aliphatic rings. The van der Waals surface area contributed by atoms with Crippen LogP contribution in [-0.4, -0.2) is 37.4 Å². The van der Waals surface area contributed by atoms with Crippen LogP contribution in [0.2, 0.25) is 5.02 Å². The second-order valence-corrected chi connectivity index (χ2v) is 10.0. The third kappa shape index (κ3) is 6.45. The SMILES string of the molecule is C[C@@H](OC(=O)c1ccc(NS(=O)(=O)c2ccc(Cl)c([N+](=O)[O-])c2)cc1)C(=O)NC1CCCCC1. The number of ether oxygens (including phenoxy) is 1. The Morgan fingerprint density at radius 1 is 1.12 bits per heavy atom. The van der Waals surface area contributed by atoms with E-state index < -0.39 is 32.7 Å². The molecule has 0 radical (unpaired) electrons. The van der Waals surface area contributed by atoms with Crippen LogP contribution < -0.4 is 10.0 Å². The number of nitrogens with one attached hydrogen (secondary N) is 2. The summed E-state index contributed by atoms with van der Waals surface area (Å²) in [6, 6.07) is 8.58. The molecule has 34 heavy (non-hydrogen) atoms. The largest absolute Gasteiger partial charge is 0.449 e. The first-order valence-electron chi connectivity index (χ1n) is 10.6. The summed E-state index contributed by atoms with van der Waals surface area (Å²) >= 11 is 5.73. The molecule has 0 aromatic heterocycles. The molecule has 1 atom stereocenters. The lowest BCUT2D eigenvalue weighted by Crippen LogP contribution is -2.42. The topological polar surface area (TPSA) is 145 Å². The molecule has 1 aliphatic carbocycles. The van der Waals surface area contributed by atoms with Crippen LogP contribution in [0.3, 0.4) is 0 Å². The highest BCUT2D eigenvalue weighted by molar-refractivity contribution is 7.92. The first-order chi connectivity index (χ1) is 16.1. The number of carbonyl (C=O) groups is 2. The van der Waals surface area contributed by atoms with Crippen molar-refractivity contribution in [3.63, 3.8) is 0 Å². The van der Waals surface area contributed by atoms with Gasteiger partial charge in [-0.3, -0.25) is 19.6 Å². The van der Waals surface area contributed by atoms with Gasteiger partial charge >= 0.3 is 5.97 Å². The number of carbonyl (C=O) groups excluding carboxylic acids is 2. The fourth-order valence-electron chi connectivity index (χ4n) is 3.54. The average molecular weight is 510 g/mol. The fraction of sp³-hybridized carbons (Fsp3) is 0.364. The zero-order chi connectivity index (χ0) is 24.9. The van der Waals surface area contributed by atoms with Crippen molar-refractivity contribution >= 4 is 44.9 Å². The van der Waals surface area contributed by atoms with Gasteiger partial charge in [-0.15, -0.1) is 0 Å². The molecule has 2 aromatic carbocycles. The summed E-state index contributed by atoms with van der Waals surface area (Å²) in [5, 5.41) is 13.7. The first kappa shape index (κ1) is 25.4. The van der Waals surface area contributed by atoms with Gasteiger partial charge in [0.25, 0.3) is 21.6 Å². The normalized spacial score (nSPS) is 15.2. The predicted octanol–water partition coefficient (Wildman–Crippen LogP) is 4.04. The monoisotopic (exact) mass is 509 g/mol. The number of amides is 1. The number of nitrogens with zero attached hydrogens (tertiary/aromatic N) is 1. The van der Waals surface area contributed by atoms with E-state index in [2.05, 4.69) is 10.0 Å². The van der Waals surface area contributed by atoms with E-state index in [4.69, 9.17) is 16.3 Å². The molecule has 3 rings (SSSR count). The van der Waals surface area contributed by atoms with Crippen molar-refractivity contribution in [2.24, 2.45) is 0 Å². The number of sulfonamides is 1. The number of hydrogen-bond donors (Lipinski definition) is 2. The minimum Gasteiger partial charge on any atom is -0.449 e. The molecular weight excluding hydrogens is 486 g/mol. The van der Waals surface area contributed by atoms with Crippen LogP contribution in [0.4, 0.5) is 11.4 Å². The summed E-state index contributed by atoms with van der Waals surface area (Å²) in [5.41, 5.74) is -0.288. The Morgan fingerprint density at radius 2 is 1.76 bits per heavy atom. The minimum atomic E-state index is -4.15. The van der Waals surface area contributed by atoms with E-state index in [1.54, 1.807) is 0 Å². The molecule has 0 saturated heterocycles. The number of rotatable bonds is 8. The van der Waals surface area contributed by atoms with Gasteiger partial charge in [-0.2, -0.15) is 0 Å². The number of esters is 1. The Morgan fingerprint density at radius 3 is 2.38 bits per heavy atom. The molecule has 2 aromatic rings. The van der Waals surface area contributed by atoms with Crippen molar-refractivity contribution in [1.82, 2.24) is 5.32 Å². The van der Waals surface area contributed by atoms with Crippen molar-refractivity contribution in [1.29, 1.82) is 0 Å². The maximum Gasteiger partial charge on any atom is 0.338 e. The molecule has 1 fully saturated rings. The Bertz CT molecular complexity index is 1180. The lowest BCUT2D eigenvalue weighted by molar-refractivity contribution is -0.384. The van der Waals surface area contributed by atoms with Crippen LogP contribution in [0.15, 0.2) is 47.4 Å². The van der Waals surface area contributed by atoms with Crippen LogP contribution in [0.1, 0.15) is 49.4 Å². The van der Waals surface area contributed by atoms with E-state index in [0.29, 0.717) is 0 Å². The Labute approximate surface area is 201 Å². The number of nitro benzene ring substituents is 1. The van der Waals surface area contributed by atoms with Crippen molar-refractivity contribution in [2.45, 2.75) is 56.1 Å². The van der Waals surface area contributed by atoms with Gasteiger partial charge in [0.1, 0.15) is 5.02 Å². The van der Waals surface area contributed by atoms with Crippen molar-refractivity contribution < 1.29 is 27.7 Å². The fourth-order valence-corrected chi connectivity index (χ4v) is 4.80. The van der Waals surface area contributed by atoms with Gasteiger partial charge in [0.15, 0.2) is 6.10 Å². The Balaban J connectivity index is 1.61. The zero-order valence-electron chi connectivity index (χ0n) is 18.3. The van der Waals surface area contributed by atoms with Gasteiger partial charge in [0, 0.05) is 17.8 Å². The van der Waals surface area contributed by atoms with Gasteiger partial charge < -0.3 is 10.1 Å². The molecule has 10 nitrogen and oxygen atoms in total. The molecule has 0 aliphatic heterocycles. The third-order valence-electron chi connectivity index (χ3n) is 5.40. The molecule has 182 valence electrons. The quantitative estimate of drug-likeness (QED) is 0.310. The summed E-state index contributed by atoms with van der Waals surface area (Å²) in [4.78, 5) is 34.6. The summed E-state index contributed by atoms with van der Waals surface area (Å²) in [5.74, 6) is -1.09. The molecule has 0 unspecified atom stereocenters. The summed E-state index contributed by atoms with van der Waals surface area (Å²) in [6.45, 7) is 1.49. The highest BCUT2D eigenvalue weighted by Gasteiger charge is 2.24. The number of hydrogen-bond acceptors (Lipinski definition) is 7. The molecule has 12 heteroatoms. The van der Waals surface area contributed by atoms with Crippen LogP contribution in [0, 0.1) is 10.1 Å². The number of anilines is 1. The van der Waals surface area contributed by atoms with E-state index in [-0.39, 0.29) is 33.1 Å². The second kappa shape index (κ2) is 10.8. The number of halogens is 1. The van der Waals surface area contributed by atoms with Crippen molar-refractivity contribution in [3.05, 3.63) is 63.2 Å². The van der Waals surface area contributed by atoms with E-state index in [0.717, 1.165) is 50.3 Å². The molecule has 2 N–H and O–H groups in total. The zero-order valence-corrected chi connectivity index (χ0v) is 19.9. The average Bonchev–Trinajstić information content (AvgIpc) is 2.79. The van der Waals surface area contributed by atoms with Crippen molar-refractivity contribution in [2.75, 3.05) is 4.72 Å². The molecule has 0 spiro atoms. The van der Waals surface area contributed by atoms with E-state index in [1.165, 1.54) is 31.2 Å². The molecule has 1 amide bonds. The van der Waals surface area contributed by atoms with E-state index in [9.17, 15) is 28.1 Å². The summed E-state index contributed by atoms with van der Waals surface area (Å²) in [6.07, 6.45) is 4.12. The maximum atomic E-state index is 12.6. The first-order valence-corrected chi connectivity index (χ1v) is 12.5. The van der Waals surface area contributed by atoms with Crippen LogP contribution in [0.25, 0.3) is 0 Å². The van der Waals surface area contributed by atoms with Gasteiger partial charge in [-0.25, -0.2) is 13.2 Å². The van der Waals surface area contributed by atoms with E-state index >= 15 is 0 Å². The molecule has 0 heterocycles. The summed E-state index contributed by atoms with van der Waals surface area (Å²) < 4.78 is 32.7. The predicted molar refractivity (Wildman–Crippen MR) is 125 cm³/mol. The number of benzene rings is 2. The van der Waals surface area contributed by atoms with E-state index in [1.807, 2.05) is 0 Å². The molecule has 0 bridgehead atoms. The molecular formula is C22H24ClN3O7S. The standard InChI is InChI=1S/C22H24ClN3O7S/c1-14(21(27)24-16-5-3-2-4-6-16)33-22(28)15-7-9-17(10-8-15)25-34(31,32)18-11-12-19(23)20(13-18)26(29)30/h7-14,16,25H,2-6H2,1H3,(H,24,27)/t14-/m1/s1. The lowest BCUT2D eigenvalue weighted by atomic mass is 9.95. The van der Waals surface area contributed by atoms with Crippen LogP contribution in [-0.2, 0) is 19.6 Å². The summed E-state index contributed by atoms with van der Waals surface area (Å²) in [7, 11) is -4.15. The number of nitro groups is 1. The van der Waals surface area contributed by atoms with Gasteiger partial charge in [0.2, 0.25) is 0 Å². The highest BCUT2D eigenvalue weighted by atomic mass is 35.5. The Hall–Kier alpha value is -3.18. The smallest absolute Gasteiger partial charge is 0.338 e. The van der Waals surface area contributed by atoms with Gasteiger partial charge in [-0.05, 0) is 56.2 Å². The second-order valence-electron chi connectivity index (χ2n) is 7.94. The highest BCUT2D eigenvalue weighted by Crippen LogP contribution is 2.28. The third-order valence-corrected chi connectivity index (χ3v) is 7.10. The van der Waals surface area contributed by atoms with Crippen LogP contribution in [0.5, 0.6) is 0 Å². The van der Waals surface area contributed by atoms with Crippen molar-refractivity contribution in [3.8, 4) is 0 Å². The Kier molecular flexibility index (Phi) is 8.11. The van der Waals surface area contributed by atoms with Crippen LogP contribution >= 0.6 is 11.6 Å². The maximum absolute atomic E-state index is 12.6. The lowest BCUT2D eigenvalue weighted by Gasteiger charge is -2.24. The molecule has 1 saturated carbocycles. The minimum absolute atomic E-state index is 0.0942.